The minimum atomic E-state index is -3.19. The number of aromatic nitrogens is 1. The third-order valence-corrected chi connectivity index (χ3v) is 5.85. The van der Waals surface area contributed by atoms with Crippen LogP contribution in [0.5, 0.6) is 0 Å². The molecule has 1 aromatic heterocycles. The normalized spacial score (nSPS) is 19.2. The highest BCUT2D eigenvalue weighted by atomic mass is 32.2. The second-order valence-electron chi connectivity index (χ2n) is 4.88. The van der Waals surface area contributed by atoms with E-state index < -0.39 is 10.0 Å². The zero-order valence-electron chi connectivity index (χ0n) is 10.6. The highest BCUT2D eigenvalue weighted by molar-refractivity contribution is 7.89. The summed E-state index contributed by atoms with van der Waals surface area (Å²) < 4.78 is 27.0. The molecule has 1 atom stereocenters. The van der Waals surface area contributed by atoms with Gasteiger partial charge in [-0.05, 0) is 25.2 Å². The average molecular weight is 288 g/mol. The molecule has 0 bridgehead atoms. The number of hydrogen-bond donors (Lipinski definition) is 1. The van der Waals surface area contributed by atoms with Crippen molar-refractivity contribution in [2.24, 2.45) is 5.92 Å². The second-order valence-corrected chi connectivity index (χ2v) is 7.61. The molecule has 102 valence electrons. The SMILES string of the molecule is CC[C@@H](NS(=O)(=O)CC1CCCC1)c1nccs1. The molecule has 0 unspecified atom stereocenters. The summed E-state index contributed by atoms with van der Waals surface area (Å²) in [7, 11) is -3.19. The Balaban J connectivity index is 1.97. The summed E-state index contributed by atoms with van der Waals surface area (Å²) >= 11 is 1.50. The molecule has 6 heteroatoms. The average Bonchev–Trinajstić information content (AvgIpc) is 2.97. The molecular formula is C12H20N2O2S2. The summed E-state index contributed by atoms with van der Waals surface area (Å²) in [5.41, 5.74) is 0. The number of rotatable bonds is 6. The quantitative estimate of drug-likeness (QED) is 0.875. The molecule has 4 nitrogen and oxygen atoms in total. The number of nitrogens with one attached hydrogen (secondary N) is 1. The van der Waals surface area contributed by atoms with Gasteiger partial charge < -0.3 is 0 Å². The van der Waals surface area contributed by atoms with Crippen molar-refractivity contribution in [3.8, 4) is 0 Å². The lowest BCUT2D eigenvalue weighted by atomic mass is 10.1. The van der Waals surface area contributed by atoms with Crippen LogP contribution in [0.15, 0.2) is 11.6 Å². The Hall–Kier alpha value is -0.460. The fourth-order valence-corrected chi connectivity index (χ4v) is 5.08. The molecule has 1 aliphatic carbocycles. The van der Waals surface area contributed by atoms with Crippen LogP contribution in [0.2, 0.25) is 0 Å². The number of hydrogen-bond acceptors (Lipinski definition) is 4. The lowest BCUT2D eigenvalue weighted by Crippen LogP contribution is -2.32. The fourth-order valence-electron chi connectivity index (χ4n) is 2.47. The van der Waals surface area contributed by atoms with Gasteiger partial charge in [-0.3, -0.25) is 0 Å². The maximum Gasteiger partial charge on any atom is 0.212 e. The minimum Gasteiger partial charge on any atom is -0.248 e. The lowest BCUT2D eigenvalue weighted by Gasteiger charge is -2.16. The van der Waals surface area contributed by atoms with E-state index in [4.69, 9.17) is 0 Å². The molecule has 0 spiro atoms. The Morgan fingerprint density at radius 2 is 2.22 bits per heavy atom. The van der Waals surface area contributed by atoms with Crippen molar-refractivity contribution in [1.82, 2.24) is 9.71 Å². The van der Waals surface area contributed by atoms with Gasteiger partial charge >= 0.3 is 0 Å². The Kier molecular flexibility index (Phi) is 4.75. The van der Waals surface area contributed by atoms with Gasteiger partial charge in [-0.15, -0.1) is 11.3 Å². The van der Waals surface area contributed by atoms with E-state index in [0.717, 1.165) is 24.3 Å². The van der Waals surface area contributed by atoms with Gasteiger partial charge in [0.15, 0.2) is 0 Å². The first-order chi connectivity index (χ1) is 8.61. The number of nitrogens with zero attached hydrogens (tertiary/aromatic N) is 1. The van der Waals surface area contributed by atoms with Gasteiger partial charge in [0, 0.05) is 11.6 Å². The predicted molar refractivity (Wildman–Crippen MR) is 74.0 cm³/mol. The van der Waals surface area contributed by atoms with E-state index in [-0.39, 0.29) is 11.8 Å². The van der Waals surface area contributed by atoms with Gasteiger partial charge in [0.1, 0.15) is 5.01 Å². The molecule has 1 heterocycles. The topological polar surface area (TPSA) is 59.1 Å². The van der Waals surface area contributed by atoms with Gasteiger partial charge in [-0.25, -0.2) is 18.1 Å². The summed E-state index contributed by atoms with van der Waals surface area (Å²) in [6.45, 7) is 1.98. The molecule has 2 rings (SSSR count). The highest BCUT2D eigenvalue weighted by Gasteiger charge is 2.25. The molecule has 0 amide bonds. The summed E-state index contributed by atoms with van der Waals surface area (Å²) in [5, 5.41) is 2.73. The van der Waals surface area contributed by atoms with Crippen LogP contribution in [0.25, 0.3) is 0 Å². The van der Waals surface area contributed by atoms with Gasteiger partial charge in [0.25, 0.3) is 0 Å². The van der Waals surface area contributed by atoms with Crippen molar-refractivity contribution in [2.45, 2.75) is 45.1 Å². The predicted octanol–water partition coefficient (Wildman–Crippen LogP) is 2.70. The van der Waals surface area contributed by atoms with Crippen molar-refractivity contribution >= 4 is 21.4 Å². The fraction of sp³-hybridized carbons (Fsp3) is 0.750. The van der Waals surface area contributed by atoms with E-state index in [0.29, 0.717) is 5.92 Å². The Labute approximate surface area is 113 Å². The summed E-state index contributed by atoms with van der Waals surface area (Å²) in [5.74, 6) is 0.616. The molecule has 0 aliphatic heterocycles. The molecule has 1 aliphatic rings. The van der Waals surface area contributed by atoms with Crippen molar-refractivity contribution in [1.29, 1.82) is 0 Å². The molecule has 1 fully saturated rings. The first kappa shape index (κ1) is 14.0. The van der Waals surface area contributed by atoms with Crippen molar-refractivity contribution in [3.63, 3.8) is 0 Å². The highest BCUT2D eigenvalue weighted by Crippen LogP contribution is 2.27. The van der Waals surface area contributed by atoms with Crippen LogP contribution in [0.3, 0.4) is 0 Å². The minimum absolute atomic E-state index is 0.170. The molecule has 18 heavy (non-hydrogen) atoms. The molecule has 0 radical (unpaired) electrons. The molecule has 1 saturated carbocycles. The zero-order valence-corrected chi connectivity index (χ0v) is 12.3. The zero-order chi connectivity index (χ0) is 13.0. The first-order valence-electron chi connectivity index (χ1n) is 6.50. The van der Waals surface area contributed by atoms with Crippen LogP contribution >= 0.6 is 11.3 Å². The number of sulfonamides is 1. The summed E-state index contributed by atoms with van der Waals surface area (Å²) in [6, 6.07) is -0.170. The van der Waals surface area contributed by atoms with Crippen molar-refractivity contribution in [2.75, 3.05) is 5.75 Å². The third kappa shape index (κ3) is 3.76. The molecular weight excluding hydrogens is 268 g/mol. The van der Waals surface area contributed by atoms with Gasteiger partial charge in [-0.2, -0.15) is 0 Å². The van der Waals surface area contributed by atoms with Gasteiger partial charge in [0.2, 0.25) is 10.0 Å². The first-order valence-corrected chi connectivity index (χ1v) is 9.03. The standard InChI is InChI=1S/C12H20N2O2S2/c1-2-11(12-13-7-8-17-12)14-18(15,16)9-10-5-3-4-6-10/h7-8,10-11,14H,2-6,9H2,1H3/t11-/m1/s1. The van der Waals surface area contributed by atoms with Crippen molar-refractivity contribution in [3.05, 3.63) is 16.6 Å². The van der Waals surface area contributed by atoms with E-state index in [2.05, 4.69) is 9.71 Å². The third-order valence-electron chi connectivity index (χ3n) is 3.41. The summed E-state index contributed by atoms with van der Waals surface area (Å²) in [6.07, 6.45) is 6.89. The maximum atomic E-state index is 12.1. The molecule has 1 N–H and O–H groups in total. The Morgan fingerprint density at radius 3 is 2.78 bits per heavy atom. The van der Waals surface area contributed by atoms with Crippen LogP contribution in [0.1, 0.15) is 50.1 Å². The van der Waals surface area contributed by atoms with E-state index >= 15 is 0 Å². The molecule has 1 aromatic rings. The van der Waals surface area contributed by atoms with E-state index in [1.54, 1.807) is 6.20 Å². The van der Waals surface area contributed by atoms with Crippen LogP contribution in [-0.4, -0.2) is 19.2 Å². The van der Waals surface area contributed by atoms with Crippen LogP contribution in [-0.2, 0) is 10.0 Å². The van der Waals surface area contributed by atoms with Crippen molar-refractivity contribution < 1.29 is 8.42 Å². The van der Waals surface area contributed by atoms with E-state index in [1.807, 2.05) is 12.3 Å². The monoisotopic (exact) mass is 288 g/mol. The van der Waals surface area contributed by atoms with Gasteiger partial charge in [-0.1, -0.05) is 19.8 Å². The van der Waals surface area contributed by atoms with E-state index in [9.17, 15) is 8.42 Å². The van der Waals surface area contributed by atoms with Crippen LogP contribution in [0, 0.1) is 5.92 Å². The molecule has 0 aromatic carbocycles. The largest absolute Gasteiger partial charge is 0.248 e. The van der Waals surface area contributed by atoms with E-state index in [1.165, 1.54) is 24.2 Å². The molecule has 0 saturated heterocycles. The second kappa shape index (κ2) is 6.12. The van der Waals surface area contributed by atoms with Gasteiger partial charge in [0.05, 0.1) is 11.8 Å². The lowest BCUT2D eigenvalue weighted by molar-refractivity contribution is 0.525. The number of thiazole rings is 1. The summed E-state index contributed by atoms with van der Waals surface area (Å²) in [4.78, 5) is 4.19. The Morgan fingerprint density at radius 1 is 1.50 bits per heavy atom. The van der Waals surface area contributed by atoms with Crippen LogP contribution in [0.4, 0.5) is 0 Å². The smallest absolute Gasteiger partial charge is 0.212 e. The Bertz CT molecular complexity index is 450. The van der Waals surface area contributed by atoms with Crippen LogP contribution < -0.4 is 4.72 Å². The maximum absolute atomic E-state index is 12.1.